The van der Waals surface area contributed by atoms with Crippen molar-refractivity contribution < 1.29 is 58.4 Å². The van der Waals surface area contributed by atoms with Gasteiger partial charge in [-0.05, 0) is 28.7 Å². The summed E-state index contributed by atoms with van der Waals surface area (Å²) >= 11 is 0. The molecule has 38 heavy (non-hydrogen) atoms. The van der Waals surface area contributed by atoms with Crippen molar-refractivity contribution in [3.8, 4) is 0 Å². The number of ether oxygens (including phenoxy) is 2. The molecule has 0 amide bonds. The van der Waals surface area contributed by atoms with Crippen molar-refractivity contribution >= 4 is 22.1 Å². The molecule has 0 aromatic heterocycles. The van der Waals surface area contributed by atoms with Crippen LogP contribution in [0, 0.1) is 5.92 Å². The Hall–Kier alpha value is -3.13. The number of carbonyl (C=O) groups is 2. The molecule has 2 bridgehead atoms. The molecule has 0 fully saturated rings. The second-order valence-corrected chi connectivity index (χ2v) is 10.5. The van der Waals surface area contributed by atoms with Gasteiger partial charge < -0.3 is 14.0 Å². The monoisotopic (exact) mass is 565 g/mol. The van der Waals surface area contributed by atoms with Gasteiger partial charge in [0.1, 0.15) is 6.61 Å². The number of carbonyl (C=O) groups excluding carboxylic acids is 2. The number of alkyl halides is 6. The number of fused-ring (bicyclic) bond motifs is 1. The highest BCUT2D eigenvalue weighted by Gasteiger charge is 2.75. The Kier molecular flexibility index (Phi) is 7.02. The Morgan fingerprint density at radius 3 is 1.79 bits per heavy atom. The first kappa shape index (κ1) is 27.9. The lowest BCUT2D eigenvalue weighted by atomic mass is 9.59. The Bertz CT molecular complexity index is 1290. The molecule has 2 aromatic carbocycles. The van der Waals surface area contributed by atoms with Crippen LogP contribution < -0.4 is 0 Å². The van der Waals surface area contributed by atoms with E-state index in [4.69, 9.17) is 4.74 Å². The summed E-state index contributed by atoms with van der Waals surface area (Å²) in [5.74, 6) is -7.33. The fourth-order valence-corrected chi connectivity index (χ4v) is 6.06. The number of rotatable bonds is 7. The molecule has 2 aromatic rings. The first-order valence-corrected chi connectivity index (χ1v) is 12.8. The van der Waals surface area contributed by atoms with Crippen molar-refractivity contribution in [3.05, 3.63) is 70.8 Å². The van der Waals surface area contributed by atoms with Gasteiger partial charge in [0.2, 0.25) is 0 Å². The standard InChI is InChI=1S/C24H20F6O7S/c25-23(26,27)22(24(28,29)30,12-38(33,34)35)37-19(31)9-10-36-21(32)18-11-17-13-5-1-3-7-15(13)20(18)16-8-4-2-6-14(16)17/h1-8,17-18,20H,9-12H2,(H,33,34,35)/p-1. The molecule has 5 rings (SSSR count). The summed E-state index contributed by atoms with van der Waals surface area (Å²) in [6.45, 7) is -0.926. The van der Waals surface area contributed by atoms with E-state index in [9.17, 15) is 48.9 Å². The maximum absolute atomic E-state index is 13.3. The number of hydrogen-bond donors (Lipinski definition) is 0. The summed E-state index contributed by atoms with van der Waals surface area (Å²) in [5, 5.41) is 0. The van der Waals surface area contributed by atoms with Crippen molar-refractivity contribution in [2.75, 3.05) is 12.4 Å². The predicted octanol–water partition coefficient (Wildman–Crippen LogP) is 4.17. The van der Waals surface area contributed by atoms with E-state index in [1.165, 1.54) is 0 Å². The second-order valence-electron chi connectivity index (χ2n) is 9.05. The van der Waals surface area contributed by atoms with Crippen LogP contribution in [0.2, 0.25) is 0 Å². The summed E-state index contributed by atoms with van der Waals surface area (Å²) in [7, 11) is -6.15. The van der Waals surface area contributed by atoms with Crippen LogP contribution in [0.1, 0.15) is 46.9 Å². The first-order chi connectivity index (χ1) is 17.6. The summed E-state index contributed by atoms with van der Waals surface area (Å²) in [4.78, 5) is 24.9. The molecular weight excluding hydrogens is 546 g/mol. The smallest absolute Gasteiger partial charge is 0.438 e. The molecule has 0 saturated carbocycles. The minimum atomic E-state index is -6.48. The van der Waals surface area contributed by atoms with Crippen LogP contribution in [0.5, 0.6) is 0 Å². The molecule has 0 aliphatic heterocycles. The van der Waals surface area contributed by atoms with Gasteiger partial charge in [0.25, 0.3) is 0 Å². The van der Waals surface area contributed by atoms with E-state index in [1.54, 1.807) is 12.1 Å². The highest BCUT2D eigenvalue weighted by molar-refractivity contribution is 7.85. The SMILES string of the molecule is O=C(CCOC(=O)C1CC2c3ccccc3C1c1ccccc12)OC(CS(=O)(=O)[O-])(C(F)(F)F)C(F)(F)F. The highest BCUT2D eigenvalue weighted by Crippen LogP contribution is 2.55. The Morgan fingerprint density at radius 2 is 1.34 bits per heavy atom. The fourth-order valence-electron chi connectivity index (χ4n) is 5.17. The van der Waals surface area contributed by atoms with Crippen LogP contribution in [0.3, 0.4) is 0 Å². The quantitative estimate of drug-likeness (QED) is 0.282. The average Bonchev–Trinajstić information content (AvgIpc) is 2.81. The van der Waals surface area contributed by atoms with Crippen LogP contribution in [0.25, 0.3) is 0 Å². The lowest BCUT2D eigenvalue weighted by Crippen LogP contribution is -2.63. The van der Waals surface area contributed by atoms with Crippen molar-refractivity contribution in [2.45, 2.75) is 42.6 Å². The molecule has 0 radical (unpaired) electrons. The van der Waals surface area contributed by atoms with Gasteiger partial charge in [-0.25, -0.2) is 8.42 Å². The van der Waals surface area contributed by atoms with Gasteiger partial charge in [-0.2, -0.15) is 26.3 Å². The molecule has 206 valence electrons. The normalized spacial score (nSPS) is 20.9. The fraction of sp³-hybridized carbons (Fsp3) is 0.417. The van der Waals surface area contributed by atoms with Crippen molar-refractivity contribution in [3.63, 3.8) is 0 Å². The van der Waals surface area contributed by atoms with E-state index in [-0.39, 0.29) is 5.92 Å². The zero-order chi connectivity index (χ0) is 28.1. The lowest BCUT2D eigenvalue weighted by Gasteiger charge is -2.44. The Labute approximate surface area is 212 Å². The topological polar surface area (TPSA) is 110 Å². The van der Waals surface area contributed by atoms with Crippen molar-refractivity contribution in [2.24, 2.45) is 5.92 Å². The molecule has 14 heteroatoms. The third-order valence-corrected chi connectivity index (χ3v) is 7.50. The van der Waals surface area contributed by atoms with Crippen LogP contribution in [0.15, 0.2) is 48.5 Å². The summed E-state index contributed by atoms with van der Waals surface area (Å²) < 4.78 is 121. The largest absolute Gasteiger partial charge is 0.748 e. The molecule has 1 unspecified atom stereocenters. The molecule has 0 heterocycles. The van der Waals surface area contributed by atoms with Crippen LogP contribution in [-0.2, 0) is 29.2 Å². The maximum atomic E-state index is 13.3. The summed E-state index contributed by atoms with van der Waals surface area (Å²) in [6, 6.07) is 14.9. The van der Waals surface area contributed by atoms with Gasteiger partial charge in [0.05, 0.1) is 28.2 Å². The van der Waals surface area contributed by atoms with Crippen LogP contribution >= 0.6 is 0 Å². The maximum Gasteiger partial charge on any atom is 0.438 e. The third kappa shape index (κ3) is 4.98. The molecule has 0 saturated heterocycles. The summed E-state index contributed by atoms with van der Waals surface area (Å²) in [6.07, 6.45) is -13.9. The number of benzene rings is 2. The van der Waals surface area contributed by atoms with Crippen molar-refractivity contribution in [1.29, 1.82) is 0 Å². The van der Waals surface area contributed by atoms with Crippen LogP contribution in [-0.4, -0.2) is 55.2 Å². The van der Waals surface area contributed by atoms with E-state index >= 15 is 0 Å². The first-order valence-electron chi connectivity index (χ1n) is 11.2. The molecule has 3 aliphatic rings. The van der Waals surface area contributed by atoms with Gasteiger partial charge in [-0.1, -0.05) is 48.5 Å². The van der Waals surface area contributed by atoms with Crippen LogP contribution in [0.4, 0.5) is 26.3 Å². The van der Waals surface area contributed by atoms with Gasteiger partial charge in [0, 0.05) is 11.8 Å². The van der Waals surface area contributed by atoms with Crippen molar-refractivity contribution in [1.82, 2.24) is 0 Å². The summed E-state index contributed by atoms with van der Waals surface area (Å²) in [5.41, 5.74) is -1.72. The van der Waals surface area contributed by atoms with E-state index in [0.717, 1.165) is 22.3 Å². The van der Waals surface area contributed by atoms with Gasteiger partial charge in [-0.3, -0.25) is 9.59 Å². The van der Waals surface area contributed by atoms with E-state index in [1.807, 2.05) is 36.4 Å². The number of halogens is 6. The molecule has 0 spiro atoms. The lowest BCUT2D eigenvalue weighted by molar-refractivity contribution is -0.361. The third-order valence-electron chi connectivity index (χ3n) is 6.74. The molecular formula is C24H19F6O7S-. The molecule has 1 atom stereocenters. The minimum Gasteiger partial charge on any atom is -0.748 e. The van der Waals surface area contributed by atoms with Gasteiger partial charge >= 0.3 is 29.9 Å². The van der Waals surface area contributed by atoms with E-state index in [2.05, 4.69) is 4.74 Å². The molecule has 3 aliphatic carbocycles. The highest BCUT2D eigenvalue weighted by atomic mass is 32.2. The number of hydrogen-bond acceptors (Lipinski definition) is 7. The second kappa shape index (κ2) is 9.56. The number of esters is 2. The predicted molar refractivity (Wildman–Crippen MR) is 116 cm³/mol. The minimum absolute atomic E-state index is 0.136. The Morgan fingerprint density at radius 1 is 0.868 bits per heavy atom. The van der Waals surface area contributed by atoms with Gasteiger partial charge in [0.15, 0.2) is 0 Å². The molecule has 7 nitrogen and oxygen atoms in total. The zero-order valence-corrected chi connectivity index (χ0v) is 20.0. The van der Waals surface area contributed by atoms with E-state index < -0.39 is 70.6 Å². The van der Waals surface area contributed by atoms with E-state index in [0.29, 0.717) is 6.42 Å². The molecule has 0 N–H and O–H groups in total. The Balaban J connectivity index is 1.47. The zero-order valence-electron chi connectivity index (χ0n) is 19.2. The van der Waals surface area contributed by atoms with Gasteiger partial charge in [-0.15, -0.1) is 0 Å². The average molecular weight is 565 g/mol.